The maximum Gasteiger partial charge on any atom is 0.410 e. The lowest BCUT2D eigenvalue weighted by Crippen LogP contribution is -2.45. The second-order valence-corrected chi connectivity index (χ2v) is 7.03. The first kappa shape index (κ1) is 18.1. The topological polar surface area (TPSA) is 71.8 Å². The molecule has 1 fully saturated rings. The molecule has 1 atom stereocenters. The summed E-state index contributed by atoms with van der Waals surface area (Å²) in [4.78, 5) is 25.7. The van der Waals surface area contributed by atoms with Crippen LogP contribution in [0.3, 0.4) is 0 Å². The number of carbonyl (C=O) groups is 2. The molecule has 1 unspecified atom stereocenters. The lowest BCUT2D eigenvalue weighted by Gasteiger charge is -2.34. The van der Waals surface area contributed by atoms with Crippen molar-refractivity contribution in [2.75, 3.05) is 19.6 Å². The van der Waals surface area contributed by atoms with Crippen molar-refractivity contribution in [1.29, 1.82) is 0 Å². The van der Waals surface area contributed by atoms with Crippen LogP contribution in [0.5, 0.6) is 0 Å². The Labute approximate surface area is 142 Å². The van der Waals surface area contributed by atoms with Gasteiger partial charge in [-0.2, -0.15) is 0 Å². The van der Waals surface area contributed by atoms with E-state index in [9.17, 15) is 9.59 Å². The second kappa shape index (κ2) is 8.04. The molecular weight excluding hydrogens is 308 g/mol. The van der Waals surface area contributed by atoms with E-state index in [4.69, 9.17) is 9.15 Å². The largest absolute Gasteiger partial charge is 0.465 e. The third-order valence-corrected chi connectivity index (χ3v) is 3.68. The molecule has 2 amide bonds. The summed E-state index contributed by atoms with van der Waals surface area (Å²) in [5.41, 5.74) is -0.491. The molecule has 1 saturated heterocycles. The molecule has 1 aromatic heterocycles. The SMILES string of the molecule is CC(C)(C)OC(=O)N1CCCC(CNC(=O)/C=C/c2ccco2)C1. The van der Waals surface area contributed by atoms with Crippen LogP contribution >= 0.6 is 0 Å². The Bertz CT molecular complexity index is 572. The van der Waals surface area contributed by atoms with E-state index in [1.807, 2.05) is 20.8 Å². The fraction of sp³-hybridized carbons (Fsp3) is 0.556. The number of ether oxygens (including phenoxy) is 1. The lowest BCUT2D eigenvalue weighted by atomic mass is 9.98. The molecule has 1 aliphatic rings. The van der Waals surface area contributed by atoms with Crippen LogP contribution in [0, 0.1) is 5.92 Å². The molecule has 0 radical (unpaired) electrons. The third-order valence-electron chi connectivity index (χ3n) is 3.68. The van der Waals surface area contributed by atoms with E-state index < -0.39 is 5.60 Å². The fourth-order valence-electron chi connectivity index (χ4n) is 2.57. The van der Waals surface area contributed by atoms with E-state index in [-0.39, 0.29) is 17.9 Å². The molecule has 0 aliphatic carbocycles. The van der Waals surface area contributed by atoms with Crippen molar-refractivity contribution in [2.45, 2.75) is 39.2 Å². The Balaban J connectivity index is 1.76. The van der Waals surface area contributed by atoms with Crippen LogP contribution in [0.2, 0.25) is 0 Å². The summed E-state index contributed by atoms with van der Waals surface area (Å²) < 4.78 is 10.5. The number of hydrogen-bond donors (Lipinski definition) is 1. The third kappa shape index (κ3) is 6.10. The summed E-state index contributed by atoms with van der Waals surface area (Å²) in [6, 6.07) is 3.55. The molecule has 2 heterocycles. The summed E-state index contributed by atoms with van der Waals surface area (Å²) >= 11 is 0. The van der Waals surface area contributed by atoms with E-state index in [1.54, 1.807) is 29.4 Å². The average Bonchev–Trinajstić information content (AvgIpc) is 3.03. The van der Waals surface area contributed by atoms with Crippen LogP contribution in [0.1, 0.15) is 39.4 Å². The van der Waals surface area contributed by atoms with Crippen molar-refractivity contribution in [3.63, 3.8) is 0 Å². The van der Waals surface area contributed by atoms with Crippen LogP contribution < -0.4 is 5.32 Å². The number of furan rings is 1. The molecule has 2 rings (SSSR count). The van der Waals surface area contributed by atoms with Crippen molar-refractivity contribution in [1.82, 2.24) is 10.2 Å². The first-order valence-corrected chi connectivity index (χ1v) is 8.31. The molecule has 6 heteroatoms. The van der Waals surface area contributed by atoms with Gasteiger partial charge in [0.25, 0.3) is 0 Å². The van der Waals surface area contributed by atoms with Gasteiger partial charge in [0.2, 0.25) is 5.91 Å². The molecule has 6 nitrogen and oxygen atoms in total. The molecule has 0 saturated carbocycles. The zero-order valence-electron chi connectivity index (χ0n) is 14.6. The number of rotatable bonds is 4. The molecule has 24 heavy (non-hydrogen) atoms. The van der Waals surface area contributed by atoms with Crippen molar-refractivity contribution in [3.05, 3.63) is 30.2 Å². The molecule has 1 aliphatic heterocycles. The quantitative estimate of drug-likeness (QED) is 0.859. The van der Waals surface area contributed by atoms with Gasteiger partial charge in [-0.25, -0.2) is 4.79 Å². The van der Waals surface area contributed by atoms with Crippen LogP contribution in [-0.2, 0) is 9.53 Å². The standard InChI is InChI=1S/C18H26N2O4/c1-18(2,3)24-17(22)20-10-4-6-14(13-20)12-19-16(21)9-8-15-7-5-11-23-15/h5,7-9,11,14H,4,6,10,12-13H2,1-3H3,(H,19,21)/b9-8+. The lowest BCUT2D eigenvalue weighted by molar-refractivity contribution is -0.116. The van der Waals surface area contributed by atoms with E-state index in [0.29, 0.717) is 25.4 Å². The number of nitrogens with one attached hydrogen (secondary N) is 1. The van der Waals surface area contributed by atoms with Crippen LogP contribution in [0.4, 0.5) is 4.79 Å². The zero-order valence-corrected chi connectivity index (χ0v) is 14.6. The minimum atomic E-state index is -0.491. The summed E-state index contributed by atoms with van der Waals surface area (Å²) in [7, 11) is 0. The molecule has 0 bridgehead atoms. The number of carbonyl (C=O) groups excluding carboxylic acids is 2. The van der Waals surface area contributed by atoms with Gasteiger partial charge in [0.15, 0.2) is 0 Å². The van der Waals surface area contributed by atoms with Gasteiger partial charge in [-0.15, -0.1) is 0 Å². The van der Waals surface area contributed by atoms with Crippen molar-refractivity contribution < 1.29 is 18.7 Å². The normalized spacial score (nSPS) is 18.6. The minimum Gasteiger partial charge on any atom is -0.465 e. The number of likely N-dealkylation sites (tertiary alicyclic amines) is 1. The predicted octanol–water partition coefficient (Wildman–Crippen LogP) is 3.06. The highest BCUT2D eigenvalue weighted by Crippen LogP contribution is 2.18. The highest BCUT2D eigenvalue weighted by Gasteiger charge is 2.27. The number of piperidine rings is 1. The van der Waals surface area contributed by atoms with Crippen LogP contribution in [0.25, 0.3) is 6.08 Å². The maximum absolute atomic E-state index is 12.1. The van der Waals surface area contributed by atoms with Gasteiger partial charge in [-0.05, 0) is 57.7 Å². The van der Waals surface area contributed by atoms with E-state index >= 15 is 0 Å². The molecule has 1 aromatic rings. The summed E-state index contributed by atoms with van der Waals surface area (Å²) in [5.74, 6) is 0.715. The van der Waals surface area contributed by atoms with Crippen LogP contribution in [0.15, 0.2) is 28.9 Å². The van der Waals surface area contributed by atoms with Gasteiger partial charge in [0.1, 0.15) is 11.4 Å². The minimum absolute atomic E-state index is 0.166. The number of hydrogen-bond acceptors (Lipinski definition) is 4. The van der Waals surface area contributed by atoms with Gasteiger partial charge in [0.05, 0.1) is 6.26 Å². The Morgan fingerprint density at radius 1 is 1.46 bits per heavy atom. The maximum atomic E-state index is 12.1. The predicted molar refractivity (Wildman–Crippen MR) is 91.3 cm³/mol. The van der Waals surface area contributed by atoms with Gasteiger partial charge in [-0.3, -0.25) is 4.79 Å². The van der Waals surface area contributed by atoms with Crippen molar-refractivity contribution >= 4 is 18.1 Å². The highest BCUT2D eigenvalue weighted by molar-refractivity contribution is 5.91. The second-order valence-electron chi connectivity index (χ2n) is 7.03. The van der Waals surface area contributed by atoms with E-state index in [0.717, 1.165) is 12.8 Å². The summed E-state index contributed by atoms with van der Waals surface area (Å²) in [6.07, 6.45) is 6.27. The number of amides is 2. The van der Waals surface area contributed by atoms with Crippen LogP contribution in [-0.4, -0.2) is 42.1 Å². The summed E-state index contributed by atoms with van der Waals surface area (Å²) in [6.45, 7) is 7.43. The Kier molecular flexibility index (Phi) is 6.06. The molecular formula is C18H26N2O4. The first-order valence-electron chi connectivity index (χ1n) is 8.31. The zero-order chi connectivity index (χ0) is 17.6. The van der Waals surface area contributed by atoms with Gasteiger partial charge in [0, 0.05) is 25.7 Å². The molecule has 132 valence electrons. The van der Waals surface area contributed by atoms with Crippen molar-refractivity contribution in [3.8, 4) is 0 Å². The van der Waals surface area contributed by atoms with Gasteiger partial charge >= 0.3 is 6.09 Å². The summed E-state index contributed by atoms with van der Waals surface area (Å²) in [5, 5.41) is 2.88. The smallest absolute Gasteiger partial charge is 0.410 e. The van der Waals surface area contributed by atoms with Gasteiger partial charge < -0.3 is 19.4 Å². The number of nitrogens with zero attached hydrogens (tertiary/aromatic N) is 1. The Morgan fingerprint density at radius 3 is 2.92 bits per heavy atom. The molecule has 1 N–H and O–H groups in total. The van der Waals surface area contributed by atoms with Crippen molar-refractivity contribution in [2.24, 2.45) is 5.92 Å². The molecule has 0 spiro atoms. The van der Waals surface area contributed by atoms with E-state index in [1.165, 1.54) is 6.08 Å². The Hall–Kier alpha value is -2.24. The van der Waals surface area contributed by atoms with Gasteiger partial charge in [-0.1, -0.05) is 0 Å². The Morgan fingerprint density at radius 2 is 2.25 bits per heavy atom. The molecule has 0 aromatic carbocycles. The van der Waals surface area contributed by atoms with E-state index in [2.05, 4.69) is 5.32 Å². The average molecular weight is 334 g/mol. The fourth-order valence-corrected chi connectivity index (χ4v) is 2.57. The highest BCUT2D eigenvalue weighted by atomic mass is 16.6. The monoisotopic (exact) mass is 334 g/mol. The first-order chi connectivity index (χ1) is 11.3.